The van der Waals surface area contributed by atoms with Crippen molar-refractivity contribution in [3.63, 3.8) is 0 Å². The van der Waals surface area contributed by atoms with E-state index in [9.17, 15) is 13.2 Å². The molecule has 0 aliphatic rings. The Kier molecular flexibility index (Phi) is 3.71. The molecule has 1 unspecified atom stereocenters. The van der Waals surface area contributed by atoms with Gasteiger partial charge in [-0.2, -0.15) is 13.2 Å². The Morgan fingerprint density at radius 1 is 1.40 bits per heavy atom. The number of hydrogen-bond donors (Lipinski definition) is 1. The Morgan fingerprint density at radius 2 is 1.90 bits per heavy atom. The first-order chi connectivity index (χ1) is 4.45. The van der Waals surface area contributed by atoms with E-state index in [4.69, 9.17) is 0 Å². The monoisotopic (exact) mass is 155 g/mol. The van der Waals surface area contributed by atoms with Gasteiger partial charge in [0.2, 0.25) is 0 Å². The van der Waals surface area contributed by atoms with Crippen LogP contribution in [0, 0.1) is 0 Å². The lowest BCUT2D eigenvalue weighted by Crippen LogP contribution is -2.30. The number of halogens is 3. The molecule has 0 aromatic heterocycles. The van der Waals surface area contributed by atoms with Crippen LogP contribution >= 0.6 is 0 Å². The molecule has 1 nitrogen and oxygen atoms in total. The van der Waals surface area contributed by atoms with Gasteiger partial charge < -0.3 is 5.32 Å². The van der Waals surface area contributed by atoms with Gasteiger partial charge in [-0.15, -0.1) is 0 Å². The van der Waals surface area contributed by atoms with Crippen molar-refractivity contribution in [3.05, 3.63) is 0 Å². The van der Waals surface area contributed by atoms with Crippen molar-refractivity contribution in [2.75, 3.05) is 6.54 Å². The number of nitrogens with one attached hydrogen (secondary N) is 1. The van der Waals surface area contributed by atoms with Crippen molar-refractivity contribution in [1.29, 1.82) is 0 Å². The first-order valence-corrected chi connectivity index (χ1v) is 3.26. The van der Waals surface area contributed by atoms with E-state index in [0.29, 0.717) is 6.54 Å². The van der Waals surface area contributed by atoms with Gasteiger partial charge in [0.05, 0.1) is 6.42 Å². The summed E-state index contributed by atoms with van der Waals surface area (Å²) < 4.78 is 34.8. The number of hydrogen-bond acceptors (Lipinski definition) is 1. The minimum atomic E-state index is -4.04. The molecule has 10 heavy (non-hydrogen) atoms. The van der Waals surface area contributed by atoms with Crippen molar-refractivity contribution in [3.8, 4) is 0 Å². The summed E-state index contributed by atoms with van der Waals surface area (Å²) >= 11 is 0. The van der Waals surface area contributed by atoms with Crippen LogP contribution in [0.3, 0.4) is 0 Å². The fraction of sp³-hybridized carbons (Fsp3) is 1.00. The average Bonchev–Trinajstić information content (AvgIpc) is 1.59. The average molecular weight is 155 g/mol. The van der Waals surface area contributed by atoms with Crippen LogP contribution in [0.25, 0.3) is 0 Å². The van der Waals surface area contributed by atoms with Crippen LogP contribution in [0.4, 0.5) is 13.2 Å². The number of rotatable bonds is 3. The van der Waals surface area contributed by atoms with Crippen molar-refractivity contribution in [2.24, 2.45) is 0 Å². The van der Waals surface area contributed by atoms with Gasteiger partial charge in [-0.1, -0.05) is 6.92 Å². The molecule has 0 rings (SSSR count). The lowest BCUT2D eigenvalue weighted by Gasteiger charge is -2.13. The summed E-state index contributed by atoms with van der Waals surface area (Å²) in [4.78, 5) is 0. The second kappa shape index (κ2) is 3.81. The van der Waals surface area contributed by atoms with Crippen molar-refractivity contribution in [1.82, 2.24) is 5.32 Å². The molecular formula is C6H12F3N. The molecule has 62 valence electrons. The largest absolute Gasteiger partial charge is 0.390 e. The van der Waals surface area contributed by atoms with Crippen LogP contribution in [0.2, 0.25) is 0 Å². The van der Waals surface area contributed by atoms with E-state index in [0.717, 1.165) is 0 Å². The van der Waals surface area contributed by atoms with E-state index in [-0.39, 0.29) is 0 Å². The van der Waals surface area contributed by atoms with Crippen molar-refractivity contribution in [2.45, 2.75) is 32.5 Å². The lowest BCUT2D eigenvalue weighted by molar-refractivity contribution is -0.138. The maximum absolute atomic E-state index is 11.6. The van der Waals surface area contributed by atoms with Crippen LogP contribution < -0.4 is 5.32 Å². The van der Waals surface area contributed by atoms with Crippen LogP contribution in [-0.4, -0.2) is 18.8 Å². The zero-order valence-corrected chi connectivity index (χ0v) is 6.13. The predicted molar refractivity (Wildman–Crippen MR) is 33.8 cm³/mol. The topological polar surface area (TPSA) is 12.0 Å². The van der Waals surface area contributed by atoms with E-state index in [1.807, 2.05) is 0 Å². The van der Waals surface area contributed by atoms with Gasteiger partial charge in [-0.05, 0) is 13.5 Å². The summed E-state index contributed by atoms with van der Waals surface area (Å²) in [5.41, 5.74) is 0. The molecule has 0 aromatic rings. The summed E-state index contributed by atoms with van der Waals surface area (Å²) in [7, 11) is 0. The van der Waals surface area contributed by atoms with Crippen LogP contribution in [0.5, 0.6) is 0 Å². The molecule has 0 fully saturated rings. The highest BCUT2D eigenvalue weighted by atomic mass is 19.4. The molecule has 0 aliphatic heterocycles. The summed E-state index contributed by atoms with van der Waals surface area (Å²) in [6.45, 7) is 3.89. The van der Waals surface area contributed by atoms with Gasteiger partial charge >= 0.3 is 6.18 Å². The molecule has 0 radical (unpaired) electrons. The SMILES string of the molecule is CCNC(C)CC(F)(F)F. The maximum atomic E-state index is 11.6. The Labute approximate surface area is 58.6 Å². The van der Waals surface area contributed by atoms with Gasteiger partial charge in [-0.25, -0.2) is 0 Å². The second-order valence-corrected chi connectivity index (χ2v) is 2.28. The fourth-order valence-electron chi connectivity index (χ4n) is 0.768. The summed E-state index contributed by atoms with van der Waals surface area (Å²) in [5, 5.41) is 2.68. The molecule has 0 spiro atoms. The molecule has 1 atom stereocenters. The third-order valence-electron chi connectivity index (χ3n) is 1.09. The van der Waals surface area contributed by atoms with Gasteiger partial charge in [0.1, 0.15) is 0 Å². The minimum absolute atomic E-state index is 0.468. The van der Waals surface area contributed by atoms with E-state index in [1.165, 1.54) is 6.92 Å². The zero-order valence-electron chi connectivity index (χ0n) is 6.13. The first-order valence-electron chi connectivity index (χ1n) is 3.26. The van der Waals surface area contributed by atoms with Crippen LogP contribution in [-0.2, 0) is 0 Å². The third-order valence-corrected chi connectivity index (χ3v) is 1.09. The van der Waals surface area contributed by atoms with Gasteiger partial charge in [0.25, 0.3) is 0 Å². The van der Waals surface area contributed by atoms with Crippen molar-refractivity contribution < 1.29 is 13.2 Å². The molecule has 4 heteroatoms. The van der Waals surface area contributed by atoms with Gasteiger partial charge in [-0.3, -0.25) is 0 Å². The smallest absolute Gasteiger partial charge is 0.314 e. The van der Waals surface area contributed by atoms with E-state index >= 15 is 0 Å². The highest BCUT2D eigenvalue weighted by Crippen LogP contribution is 2.20. The highest BCUT2D eigenvalue weighted by Gasteiger charge is 2.29. The second-order valence-electron chi connectivity index (χ2n) is 2.28. The third kappa shape index (κ3) is 5.88. The molecule has 0 heterocycles. The molecule has 1 N–H and O–H groups in total. The Bertz CT molecular complexity index is 89.5. The molecule has 0 saturated carbocycles. The quantitative estimate of drug-likeness (QED) is 0.656. The van der Waals surface area contributed by atoms with E-state index in [2.05, 4.69) is 5.32 Å². The molecule has 0 amide bonds. The maximum Gasteiger partial charge on any atom is 0.390 e. The molecule has 0 aromatic carbocycles. The van der Waals surface area contributed by atoms with Crippen LogP contribution in [0.15, 0.2) is 0 Å². The number of alkyl halides is 3. The molecular weight excluding hydrogens is 143 g/mol. The Morgan fingerprint density at radius 3 is 2.20 bits per heavy atom. The molecule has 0 aliphatic carbocycles. The lowest BCUT2D eigenvalue weighted by atomic mass is 10.2. The Hall–Kier alpha value is -0.250. The normalized spacial score (nSPS) is 15.3. The molecule has 0 saturated heterocycles. The Balaban J connectivity index is 3.47. The van der Waals surface area contributed by atoms with Crippen molar-refractivity contribution >= 4 is 0 Å². The standard InChI is InChI=1S/C6H12F3N/c1-3-10-5(2)4-6(7,8)9/h5,10H,3-4H2,1-2H3. The fourth-order valence-corrected chi connectivity index (χ4v) is 0.768. The summed E-state index contributed by atoms with van der Waals surface area (Å²) in [6, 6.07) is -0.468. The van der Waals surface area contributed by atoms with E-state index in [1.54, 1.807) is 6.92 Å². The first kappa shape index (κ1) is 9.75. The molecule has 0 bridgehead atoms. The minimum Gasteiger partial charge on any atom is -0.314 e. The van der Waals surface area contributed by atoms with Gasteiger partial charge in [0, 0.05) is 6.04 Å². The van der Waals surface area contributed by atoms with Crippen LogP contribution in [0.1, 0.15) is 20.3 Å². The summed E-state index contributed by atoms with van der Waals surface area (Å²) in [6.07, 6.45) is -4.79. The zero-order chi connectivity index (χ0) is 8.20. The van der Waals surface area contributed by atoms with Gasteiger partial charge in [0.15, 0.2) is 0 Å². The highest BCUT2D eigenvalue weighted by molar-refractivity contribution is 4.63. The summed E-state index contributed by atoms with van der Waals surface area (Å²) in [5.74, 6) is 0. The predicted octanol–water partition coefficient (Wildman–Crippen LogP) is 1.94. The van der Waals surface area contributed by atoms with E-state index < -0.39 is 18.6 Å².